The molecule has 4 heterocycles. The zero-order valence-electron chi connectivity index (χ0n) is 29.4. The van der Waals surface area contributed by atoms with Crippen molar-refractivity contribution in [3.63, 3.8) is 0 Å². The summed E-state index contributed by atoms with van der Waals surface area (Å²) in [7, 11) is -5.17. The summed E-state index contributed by atoms with van der Waals surface area (Å²) in [6.07, 6.45) is -19.0. The zero-order chi connectivity index (χ0) is 40.5. The van der Waals surface area contributed by atoms with E-state index >= 15 is 0 Å². The number of carbonyl (C=O) groups is 2. The number of aliphatic hydroxyl groups excluding tert-OH is 6. The summed E-state index contributed by atoms with van der Waals surface area (Å²) in [5.74, 6) is -2.73. The summed E-state index contributed by atoms with van der Waals surface area (Å²) < 4.78 is 31.7. The number of benzene rings is 1. The third-order valence-corrected chi connectivity index (χ3v) is 10.6. The lowest BCUT2D eigenvalue weighted by atomic mass is 9.98. The molecule has 2 saturated heterocycles. The second-order valence-electron chi connectivity index (χ2n) is 13.5. The SMILES string of the molecule is CC1Nc2nc(N)[nH]c(=O)c2N2CN(c3ccc(CC(O)C(O)C(O)C(O)OC4OC(COP(=O)(O)OC(CCC(=O)O)C(=O)O)C(O)C4O)cc3)C(C)C12. The molecule has 0 radical (unpaired) electrons. The maximum Gasteiger partial charge on any atom is 0.473 e. The summed E-state index contributed by atoms with van der Waals surface area (Å²) in [5, 5.41) is 84.1. The molecule has 1 aromatic carbocycles. The summed E-state index contributed by atoms with van der Waals surface area (Å²) in [6.45, 7) is 3.39. The van der Waals surface area contributed by atoms with Crippen molar-refractivity contribution in [1.29, 1.82) is 0 Å². The lowest BCUT2D eigenvalue weighted by Gasteiger charge is -2.37. The van der Waals surface area contributed by atoms with Crippen molar-refractivity contribution in [2.45, 2.75) is 107 Å². The number of aromatic nitrogens is 2. The van der Waals surface area contributed by atoms with Crippen LogP contribution >= 0.6 is 7.82 Å². The van der Waals surface area contributed by atoms with E-state index < -0.39 is 94.5 Å². The Balaban J connectivity index is 1.12. The number of nitrogens with zero attached hydrogens (tertiary/aromatic N) is 3. The molecule has 2 fully saturated rings. The molecule has 0 amide bonds. The standard InChI is InChI=1S/C31H45N6O17P/c1-12-20-13(2)36(11-37(20)21-26(33-12)34-31(32)35-27(21)45)15-5-3-14(4-6-15)9-16(38)22(41)24(43)29(48)53-30-25(44)23(42)18(52-30)10-51-55(49,50)54-17(28(46)47)7-8-19(39)40/h3-6,12-13,16-18,20,22-25,29-30,38,41-44,48H,7-11H2,1-2H3,(H,39,40)(H,46,47)(H,49,50)(H4,32,33,34,35,45). The molecule has 0 bridgehead atoms. The van der Waals surface area contributed by atoms with E-state index in [1.807, 2.05) is 18.7 Å². The fraction of sp³-hybridized carbons (Fsp3) is 0.613. The molecule has 0 spiro atoms. The minimum Gasteiger partial charge on any atom is -0.481 e. The highest BCUT2D eigenvalue weighted by atomic mass is 31.2. The van der Waals surface area contributed by atoms with Crippen LogP contribution < -0.4 is 26.4 Å². The van der Waals surface area contributed by atoms with Crippen LogP contribution in [0.25, 0.3) is 0 Å². The van der Waals surface area contributed by atoms with E-state index in [2.05, 4.69) is 29.2 Å². The highest BCUT2D eigenvalue weighted by Gasteiger charge is 2.48. The summed E-state index contributed by atoms with van der Waals surface area (Å²) >= 11 is 0. The van der Waals surface area contributed by atoms with Crippen molar-refractivity contribution in [1.82, 2.24) is 9.97 Å². The van der Waals surface area contributed by atoms with Crippen LogP contribution in [0.4, 0.5) is 23.1 Å². The summed E-state index contributed by atoms with van der Waals surface area (Å²) in [4.78, 5) is 55.5. The van der Waals surface area contributed by atoms with Crippen LogP contribution in [0.5, 0.6) is 0 Å². The Morgan fingerprint density at radius 3 is 2.38 bits per heavy atom. The lowest BCUT2D eigenvalue weighted by Crippen LogP contribution is -2.52. The fourth-order valence-electron chi connectivity index (χ4n) is 6.81. The molecule has 1 aromatic heterocycles. The smallest absolute Gasteiger partial charge is 0.473 e. The molecule has 3 aliphatic rings. The minimum atomic E-state index is -5.17. The Morgan fingerprint density at radius 2 is 1.75 bits per heavy atom. The first-order valence-electron chi connectivity index (χ1n) is 17.1. The highest BCUT2D eigenvalue weighted by molar-refractivity contribution is 7.47. The number of hydrogen-bond donors (Lipinski definition) is 12. The van der Waals surface area contributed by atoms with Gasteiger partial charge in [-0.15, -0.1) is 0 Å². The van der Waals surface area contributed by atoms with E-state index in [-0.39, 0.29) is 36.1 Å². The lowest BCUT2D eigenvalue weighted by molar-refractivity contribution is -0.281. The number of nitrogen functional groups attached to an aromatic ring is 1. The van der Waals surface area contributed by atoms with Gasteiger partial charge in [-0.2, -0.15) is 4.98 Å². The van der Waals surface area contributed by atoms with Crippen molar-refractivity contribution in [2.24, 2.45) is 0 Å². The Labute approximate surface area is 312 Å². The van der Waals surface area contributed by atoms with E-state index in [0.717, 1.165) is 5.69 Å². The van der Waals surface area contributed by atoms with Gasteiger partial charge >= 0.3 is 19.8 Å². The molecule has 24 heteroatoms. The van der Waals surface area contributed by atoms with Gasteiger partial charge in [-0.3, -0.25) is 23.6 Å². The maximum atomic E-state index is 12.8. The molecule has 5 rings (SSSR count). The van der Waals surface area contributed by atoms with Crippen molar-refractivity contribution >= 4 is 42.9 Å². The number of aliphatic carboxylic acids is 2. The van der Waals surface area contributed by atoms with E-state index in [1.165, 1.54) is 0 Å². The highest BCUT2D eigenvalue weighted by Crippen LogP contribution is 2.46. The van der Waals surface area contributed by atoms with Gasteiger partial charge < -0.3 is 76.1 Å². The van der Waals surface area contributed by atoms with Crippen LogP contribution in [-0.2, 0) is 39.1 Å². The second kappa shape index (κ2) is 17.0. The van der Waals surface area contributed by atoms with Gasteiger partial charge in [0.2, 0.25) is 5.95 Å². The van der Waals surface area contributed by atoms with Crippen LogP contribution in [0.2, 0.25) is 0 Å². The van der Waals surface area contributed by atoms with Gasteiger partial charge in [0, 0.05) is 24.6 Å². The number of nitrogens with two attached hydrogens (primary N) is 1. The molecule has 55 heavy (non-hydrogen) atoms. The van der Waals surface area contributed by atoms with E-state index in [9.17, 15) is 54.5 Å². The monoisotopic (exact) mass is 804 g/mol. The third-order valence-electron chi connectivity index (χ3n) is 9.63. The molecular weight excluding hydrogens is 759 g/mol. The average Bonchev–Trinajstić information content (AvgIpc) is 3.59. The van der Waals surface area contributed by atoms with Crippen LogP contribution in [-0.4, -0.2) is 154 Å². The molecule has 13 atom stereocenters. The molecule has 2 aromatic rings. The van der Waals surface area contributed by atoms with Crippen LogP contribution in [0.1, 0.15) is 32.3 Å². The number of carboxylic acids is 2. The molecule has 306 valence electrons. The van der Waals surface area contributed by atoms with E-state index in [4.69, 9.17) is 25.4 Å². The minimum absolute atomic E-state index is 0.00114. The number of rotatable bonds is 17. The Kier molecular flexibility index (Phi) is 13.1. The number of aliphatic hydroxyl groups is 6. The van der Waals surface area contributed by atoms with E-state index in [0.29, 0.717) is 23.7 Å². The largest absolute Gasteiger partial charge is 0.481 e. The van der Waals surface area contributed by atoms with Crippen molar-refractivity contribution in [3.05, 3.63) is 40.2 Å². The number of phosphoric acid groups is 1. The second-order valence-corrected chi connectivity index (χ2v) is 14.9. The number of phosphoric ester groups is 1. The molecule has 0 aliphatic carbocycles. The first-order chi connectivity index (χ1) is 25.8. The van der Waals surface area contributed by atoms with E-state index in [1.54, 1.807) is 24.3 Å². The normalized spacial score (nSPS) is 28.6. The first-order valence-corrected chi connectivity index (χ1v) is 18.6. The van der Waals surface area contributed by atoms with Gasteiger partial charge in [-0.25, -0.2) is 9.36 Å². The first kappa shape index (κ1) is 42.2. The predicted molar refractivity (Wildman–Crippen MR) is 187 cm³/mol. The summed E-state index contributed by atoms with van der Waals surface area (Å²) in [6, 6.07) is 6.76. The predicted octanol–water partition coefficient (Wildman–Crippen LogP) is -2.93. The zero-order valence-corrected chi connectivity index (χ0v) is 30.3. The molecule has 23 nitrogen and oxygen atoms in total. The van der Waals surface area contributed by atoms with Gasteiger partial charge in [0.05, 0.1) is 31.5 Å². The van der Waals surface area contributed by atoms with Crippen LogP contribution in [0, 0.1) is 0 Å². The molecule has 0 saturated carbocycles. The maximum absolute atomic E-state index is 12.8. The number of hydrogen-bond acceptors (Lipinski definition) is 19. The fourth-order valence-corrected chi connectivity index (χ4v) is 7.72. The summed E-state index contributed by atoms with van der Waals surface area (Å²) in [5.41, 5.74) is 7.10. The number of aromatic amines is 1. The van der Waals surface area contributed by atoms with Crippen LogP contribution in [0.3, 0.4) is 0 Å². The topological polar surface area (TPSA) is 360 Å². The van der Waals surface area contributed by atoms with Crippen molar-refractivity contribution < 1.29 is 78.4 Å². The number of anilines is 4. The number of H-pyrrole nitrogens is 1. The molecule has 13 unspecified atom stereocenters. The molecule has 3 aliphatic heterocycles. The van der Waals surface area contributed by atoms with Gasteiger partial charge in [0.15, 0.2) is 24.5 Å². The average molecular weight is 805 g/mol. The number of carboxylic acid groups (broad SMARTS) is 2. The van der Waals surface area contributed by atoms with Crippen molar-refractivity contribution in [3.8, 4) is 0 Å². The van der Waals surface area contributed by atoms with Gasteiger partial charge in [0.1, 0.15) is 36.2 Å². The van der Waals surface area contributed by atoms with Gasteiger partial charge in [-0.1, -0.05) is 12.1 Å². The van der Waals surface area contributed by atoms with Gasteiger partial charge in [0.25, 0.3) is 5.56 Å². The Morgan fingerprint density at radius 1 is 1.07 bits per heavy atom. The van der Waals surface area contributed by atoms with Gasteiger partial charge in [-0.05, 0) is 38.0 Å². The molecule has 13 N–H and O–H groups in total. The Hall–Kier alpha value is -3.97. The number of fused-ring (bicyclic) bond motifs is 3. The van der Waals surface area contributed by atoms with Crippen LogP contribution in [0.15, 0.2) is 29.1 Å². The quantitative estimate of drug-likeness (QED) is 0.0562. The number of ether oxygens (including phenoxy) is 2. The third kappa shape index (κ3) is 9.53. The molecular formula is C31H45N6O17P. The number of nitrogens with one attached hydrogen (secondary N) is 2. The van der Waals surface area contributed by atoms with Crippen molar-refractivity contribution in [2.75, 3.05) is 34.1 Å². The Bertz CT molecular complexity index is 1790.